The van der Waals surface area contributed by atoms with Crippen LogP contribution in [-0.4, -0.2) is 16.7 Å². The van der Waals surface area contributed by atoms with E-state index >= 15 is 0 Å². The van der Waals surface area contributed by atoms with Crippen LogP contribution in [0.5, 0.6) is 6.01 Å². The molecule has 0 saturated carbocycles. The Morgan fingerprint density at radius 1 is 1.42 bits per heavy atom. The van der Waals surface area contributed by atoms with Gasteiger partial charge >= 0.3 is 0 Å². The van der Waals surface area contributed by atoms with E-state index in [-0.39, 0.29) is 5.41 Å². The lowest BCUT2D eigenvalue weighted by Gasteiger charge is -2.18. The molecule has 3 heteroatoms. The van der Waals surface area contributed by atoms with E-state index in [4.69, 9.17) is 4.74 Å². The first kappa shape index (κ1) is 9.10. The highest BCUT2D eigenvalue weighted by Gasteiger charge is 2.19. The third kappa shape index (κ3) is 1.44. The number of rotatable bonds is 1. The SMILES string of the molecule is COc1ncc(C(C)(C)C)n1C. The molecule has 1 heterocycles. The Labute approximate surface area is 73.4 Å². The fraction of sp³-hybridized carbons (Fsp3) is 0.667. The molecule has 0 unspecified atom stereocenters. The zero-order valence-electron chi connectivity index (χ0n) is 8.38. The summed E-state index contributed by atoms with van der Waals surface area (Å²) in [6, 6.07) is 0.667. The standard InChI is InChI=1S/C9H16N2O/c1-9(2,3)7-6-10-8(12-5)11(7)4/h6H,1-5H3. The maximum atomic E-state index is 5.07. The summed E-state index contributed by atoms with van der Waals surface area (Å²) in [5.41, 5.74) is 1.30. The molecule has 0 amide bonds. The second-order valence-electron chi connectivity index (χ2n) is 3.94. The first-order valence-electron chi connectivity index (χ1n) is 4.03. The van der Waals surface area contributed by atoms with Crippen molar-refractivity contribution in [3.8, 4) is 6.01 Å². The normalized spacial score (nSPS) is 11.8. The number of methoxy groups -OCH3 is 1. The number of hydrogen-bond donors (Lipinski definition) is 0. The number of nitrogens with zero attached hydrogens (tertiary/aromatic N) is 2. The van der Waals surface area contributed by atoms with Crippen LogP contribution >= 0.6 is 0 Å². The minimum absolute atomic E-state index is 0.124. The highest BCUT2D eigenvalue weighted by Crippen LogP contribution is 2.24. The maximum absolute atomic E-state index is 5.07. The predicted molar refractivity (Wildman–Crippen MR) is 48.5 cm³/mol. The van der Waals surface area contributed by atoms with Gasteiger partial charge in [0, 0.05) is 18.2 Å². The highest BCUT2D eigenvalue weighted by molar-refractivity contribution is 5.16. The van der Waals surface area contributed by atoms with E-state index in [1.807, 2.05) is 17.8 Å². The largest absolute Gasteiger partial charge is 0.468 e. The summed E-state index contributed by atoms with van der Waals surface area (Å²) in [4.78, 5) is 4.14. The van der Waals surface area contributed by atoms with Crippen molar-refractivity contribution in [2.24, 2.45) is 7.05 Å². The maximum Gasteiger partial charge on any atom is 0.295 e. The van der Waals surface area contributed by atoms with Gasteiger partial charge in [-0.25, -0.2) is 4.98 Å². The summed E-state index contributed by atoms with van der Waals surface area (Å²) >= 11 is 0. The van der Waals surface area contributed by atoms with Crippen molar-refractivity contribution >= 4 is 0 Å². The fourth-order valence-electron chi connectivity index (χ4n) is 1.28. The lowest BCUT2D eigenvalue weighted by atomic mass is 9.93. The first-order chi connectivity index (χ1) is 5.46. The molecule has 0 fully saturated rings. The molecule has 0 radical (unpaired) electrons. The van der Waals surface area contributed by atoms with E-state index in [1.54, 1.807) is 7.11 Å². The summed E-state index contributed by atoms with van der Waals surface area (Å²) in [6.45, 7) is 6.47. The molecule has 3 nitrogen and oxygen atoms in total. The zero-order valence-corrected chi connectivity index (χ0v) is 8.38. The molecule has 0 bridgehead atoms. The van der Waals surface area contributed by atoms with Crippen molar-refractivity contribution in [3.05, 3.63) is 11.9 Å². The van der Waals surface area contributed by atoms with Crippen LogP contribution in [-0.2, 0) is 12.5 Å². The monoisotopic (exact) mass is 168 g/mol. The number of aromatic nitrogens is 2. The minimum atomic E-state index is 0.124. The smallest absolute Gasteiger partial charge is 0.295 e. The van der Waals surface area contributed by atoms with E-state index in [9.17, 15) is 0 Å². The van der Waals surface area contributed by atoms with Gasteiger partial charge in [0.2, 0.25) is 0 Å². The molecule has 68 valence electrons. The second-order valence-corrected chi connectivity index (χ2v) is 3.94. The molecule has 1 aromatic heterocycles. The fourth-order valence-corrected chi connectivity index (χ4v) is 1.28. The van der Waals surface area contributed by atoms with E-state index < -0.39 is 0 Å². The third-order valence-corrected chi connectivity index (χ3v) is 1.90. The van der Waals surface area contributed by atoms with Crippen molar-refractivity contribution in [1.82, 2.24) is 9.55 Å². The Kier molecular flexibility index (Phi) is 2.13. The molecular weight excluding hydrogens is 152 g/mol. The Balaban J connectivity index is 3.11. The second kappa shape index (κ2) is 2.81. The molecule has 0 spiro atoms. The number of hydrogen-bond acceptors (Lipinski definition) is 2. The third-order valence-electron chi connectivity index (χ3n) is 1.90. The molecule has 0 saturated heterocycles. The lowest BCUT2D eigenvalue weighted by molar-refractivity contribution is 0.360. The Morgan fingerprint density at radius 2 is 2.00 bits per heavy atom. The molecule has 0 atom stereocenters. The van der Waals surface area contributed by atoms with Crippen LogP contribution in [0.4, 0.5) is 0 Å². The summed E-state index contributed by atoms with van der Waals surface area (Å²) in [5, 5.41) is 0. The van der Waals surface area contributed by atoms with Crippen molar-refractivity contribution in [3.63, 3.8) is 0 Å². The minimum Gasteiger partial charge on any atom is -0.468 e. The van der Waals surface area contributed by atoms with Gasteiger partial charge in [-0.2, -0.15) is 0 Å². The number of ether oxygens (including phenoxy) is 1. The van der Waals surface area contributed by atoms with Crippen molar-refractivity contribution in [1.29, 1.82) is 0 Å². The van der Waals surface area contributed by atoms with Gasteiger partial charge in [0.15, 0.2) is 0 Å². The molecule has 0 aromatic carbocycles. The lowest BCUT2D eigenvalue weighted by Crippen LogP contribution is -2.15. The van der Waals surface area contributed by atoms with Gasteiger partial charge in [0.05, 0.1) is 13.3 Å². The van der Waals surface area contributed by atoms with Gasteiger partial charge in [-0.1, -0.05) is 20.8 Å². The van der Waals surface area contributed by atoms with Crippen LogP contribution in [0.25, 0.3) is 0 Å². The Bertz CT molecular complexity index is 271. The Morgan fingerprint density at radius 3 is 2.25 bits per heavy atom. The topological polar surface area (TPSA) is 27.1 Å². The van der Waals surface area contributed by atoms with E-state index in [2.05, 4.69) is 25.8 Å². The van der Waals surface area contributed by atoms with Gasteiger partial charge < -0.3 is 9.30 Å². The summed E-state index contributed by atoms with van der Waals surface area (Å²) in [7, 11) is 3.60. The molecule has 0 N–H and O–H groups in total. The molecule has 1 rings (SSSR count). The van der Waals surface area contributed by atoms with Crippen LogP contribution in [0.15, 0.2) is 6.20 Å². The van der Waals surface area contributed by atoms with Gasteiger partial charge in [0.25, 0.3) is 6.01 Å². The van der Waals surface area contributed by atoms with Gasteiger partial charge in [-0.05, 0) is 0 Å². The molecule has 1 aromatic rings. The predicted octanol–water partition coefficient (Wildman–Crippen LogP) is 1.73. The molecule has 0 aliphatic heterocycles. The van der Waals surface area contributed by atoms with Gasteiger partial charge in [-0.3, -0.25) is 0 Å². The quantitative estimate of drug-likeness (QED) is 0.638. The van der Waals surface area contributed by atoms with Gasteiger partial charge in [0.1, 0.15) is 0 Å². The van der Waals surface area contributed by atoms with Crippen molar-refractivity contribution < 1.29 is 4.74 Å². The molecule has 0 aliphatic rings. The highest BCUT2D eigenvalue weighted by atomic mass is 16.5. The van der Waals surface area contributed by atoms with E-state index in [0.717, 1.165) is 0 Å². The summed E-state index contributed by atoms with van der Waals surface area (Å²) < 4.78 is 7.04. The molecule has 12 heavy (non-hydrogen) atoms. The van der Waals surface area contributed by atoms with Crippen LogP contribution in [0.3, 0.4) is 0 Å². The van der Waals surface area contributed by atoms with Crippen molar-refractivity contribution in [2.75, 3.05) is 7.11 Å². The molecule has 0 aliphatic carbocycles. The van der Waals surface area contributed by atoms with Crippen molar-refractivity contribution in [2.45, 2.75) is 26.2 Å². The van der Waals surface area contributed by atoms with Crippen LogP contribution in [0, 0.1) is 0 Å². The van der Waals surface area contributed by atoms with Crippen LogP contribution in [0.2, 0.25) is 0 Å². The molecular formula is C9H16N2O. The Hall–Kier alpha value is -0.990. The number of imidazole rings is 1. The first-order valence-corrected chi connectivity index (χ1v) is 4.03. The average molecular weight is 168 g/mol. The average Bonchev–Trinajstić information content (AvgIpc) is 2.29. The summed E-state index contributed by atoms with van der Waals surface area (Å²) in [6.07, 6.45) is 1.86. The van der Waals surface area contributed by atoms with Crippen LogP contribution in [0.1, 0.15) is 26.5 Å². The van der Waals surface area contributed by atoms with E-state index in [0.29, 0.717) is 6.01 Å². The van der Waals surface area contributed by atoms with Crippen LogP contribution < -0.4 is 4.74 Å². The summed E-state index contributed by atoms with van der Waals surface area (Å²) in [5.74, 6) is 0. The van der Waals surface area contributed by atoms with Gasteiger partial charge in [-0.15, -0.1) is 0 Å². The zero-order chi connectivity index (χ0) is 9.35. The van der Waals surface area contributed by atoms with E-state index in [1.165, 1.54) is 5.69 Å².